The second-order valence-corrected chi connectivity index (χ2v) is 41.9. The zero-order valence-corrected chi connectivity index (χ0v) is 76.8. The monoisotopic (exact) mass is 1930 g/mol. The number of ether oxygens (including phenoxy) is 3. The minimum absolute atomic E-state index is 0.0252. The second kappa shape index (κ2) is 48.6. The van der Waals surface area contributed by atoms with Gasteiger partial charge in [-0.25, -0.2) is 4.72 Å². The largest absolute Gasteiger partial charge is 0.480 e. The van der Waals surface area contributed by atoms with E-state index in [0.717, 1.165) is 17.2 Å². The van der Waals surface area contributed by atoms with Gasteiger partial charge in [0.1, 0.15) is 28.2 Å². The molecule has 129 heavy (non-hydrogen) atoms. The fourth-order valence-corrected chi connectivity index (χ4v) is 23.8. The van der Waals surface area contributed by atoms with Crippen molar-refractivity contribution < 1.29 is 152 Å². The molecule has 0 aromatic heterocycles. The van der Waals surface area contributed by atoms with Gasteiger partial charge in [-0.3, -0.25) is 43.2 Å². The highest BCUT2D eigenvalue weighted by Gasteiger charge is 2.60. The fraction of sp³-hybridized carbons (Fsp3) is 0.868. The van der Waals surface area contributed by atoms with E-state index in [2.05, 4.69) is 21.3 Å². The van der Waals surface area contributed by atoms with Crippen LogP contribution in [-0.4, -0.2) is 412 Å². The Labute approximate surface area is 752 Å². The molecule has 7 saturated heterocycles. The second-order valence-electron chi connectivity index (χ2n) is 34.7. The van der Waals surface area contributed by atoms with E-state index in [0.29, 0.717) is 19.3 Å². The molecule has 1 aliphatic carbocycles. The first kappa shape index (κ1) is 114. The van der Waals surface area contributed by atoms with E-state index in [1.54, 1.807) is 18.6 Å². The van der Waals surface area contributed by atoms with E-state index in [4.69, 9.17) is 106 Å². The number of nitrogens with two attached hydrogens (primary N) is 9. The van der Waals surface area contributed by atoms with Crippen molar-refractivity contribution in [2.24, 2.45) is 75.3 Å². The van der Waals surface area contributed by atoms with Gasteiger partial charge in [0.25, 0.3) is 36.5 Å². The van der Waals surface area contributed by atoms with Gasteiger partial charge in [-0.15, -0.1) is 0 Å². The van der Waals surface area contributed by atoms with Gasteiger partial charge in [0.05, 0.1) is 100 Å². The standard InChI is InChI=1S/C18H34BN5O8S.2C18H36BN5O8S.C14H29BN6O8S/c1-11(20)16(25)22-14-8-32-9-15(14)24(13-4-5-13)33(30,31)23-7-12(3-2-6-19(28)29)18(21,10-23)17(26)27;1-11(2)24(15-9-32-8-14(15)22-16(25)12(3)20)33(30,31)23-7-13(5-4-6-19(28)29)18(21,10-23)17(26)27;1-3-7-24(15-10-32-9-14(15)22-16(25)12(2)20)33(30,31)23-8-13(5-4-6-19(28)29)18(21,11-23)17(26)27;1-8(17)11(22)19-10(5-16)12(23)20-30(28,29)21-6-9(3-2-4-15(26)27)14(18,7-21)13(24)25/h11-15,28-29H,2-10,20-21H2,1H3,(H,22,25)(H,26,27);11-15,28-29H,4-10,20-21H2,1-3H3,(H,22,25)(H,26,27);12-15,28-29H,3-11,20-21H2,1-2H3,(H,22,25)(H,26,27);8-10,26-27H,2-7,16-18H2,1H3,(H,19,22)(H,20,23)(H,24,25)/t11-,12-,14-,15-,18-;2*12-,13-,14-,15-,18-;8-,9-,10-,14-/m0000/s1. The van der Waals surface area contributed by atoms with Crippen molar-refractivity contribution in [1.82, 2.24) is 56.1 Å². The van der Waals surface area contributed by atoms with Crippen LogP contribution < -0.4 is 77.6 Å². The lowest BCUT2D eigenvalue weighted by atomic mass is 9.78. The van der Waals surface area contributed by atoms with E-state index in [1.165, 1.54) is 40.6 Å². The minimum Gasteiger partial charge on any atom is -0.480 e. The third-order valence-electron chi connectivity index (χ3n) is 23.9. The number of nitrogens with one attached hydrogen (secondary N) is 5. The molecule has 0 unspecified atom stereocenters. The maximum atomic E-state index is 13.7. The first-order chi connectivity index (χ1) is 59.7. The Morgan fingerprint density at radius 1 is 0.434 bits per heavy atom. The number of carboxylic acids is 4. The SMILES string of the molecule is CC(C)N([C@H]1COC[C@@H]1NC(=O)[C@H](C)N)S(=O)(=O)N1C[C@H](CCCB(O)O)[C@](N)(C(=O)O)C1.CCCN([C@H]1COC[C@@H]1NC(=O)[C@H](C)N)S(=O)(=O)N1C[C@H](CCCB(O)O)[C@](N)(C(=O)O)C1.C[C@H](N)C(=O)N[C@@H](CN)C(=O)NS(=O)(=O)N1C[C@H](CCCB(O)O)[C@](N)(C(=O)O)C1.C[C@H](N)C(=O)N[C@H]1COC[C@@H]1N(C1CC1)S(=O)(=O)N1C[C@H](CCCB(O)O)[C@](N)(C(=O)O)C1. The van der Waals surface area contributed by atoms with Crippen LogP contribution in [0, 0.1) is 23.7 Å². The Balaban J connectivity index is 0.000000305. The summed E-state index contributed by atoms with van der Waals surface area (Å²) in [4.78, 5) is 108. The van der Waals surface area contributed by atoms with Crippen molar-refractivity contribution in [1.29, 1.82) is 0 Å². The summed E-state index contributed by atoms with van der Waals surface area (Å²) in [5.41, 5.74) is 44.8. The number of hydrogen-bond acceptors (Lipinski definition) is 37. The van der Waals surface area contributed by atoms with Gasteiger partial charge in [0.2, 0.25) is 23.6 Å². The number of aliphatic carboxylic acids is 4. The number of hydrogen-bond donors (Lipinski definition) is 26. The van der Waals surface area contributed by atoms with Crippen LogP contribution in [-0.2, 0) is 98.2 Å². The van der Waals surface area contributed by atoms with Gasteiger partial charge in [-0.1, -0.05) is 32.6 Å². The van der Waals surface area contributed by atoms with E-state index >= 15 is 0 Å². The predicted octanol–water partition coefficient (Wildman–Crippen LogP) is -13.7. The minimum atomic E-state index is -4.50. The lowest BCUT2D eigenvalue weighted by Crippen LogP contribution is -2.60. The van der Waals surface area contributed by atoms with Crippen LogP contribution in [0.5, 0.6) is 0 Å². The van der Waals surface area contributed by atoms with Crippen molar-refractivity contribution >= 4 is 123 Å². The number of carboxylic acid groups (broad SMARTS) is 4. The van der Waals surface area contributed by atoms with Crippen LogP contribution in [0.1, 0.15) is 119 Å². The van der Waals surface area contributed by atoms with Crippen molar-refractivity contribution in [2.45, 2.75) is 245 Å². The number of nitrogens with zero attached hydrogens (tertiary/aromatic N) is 7. The lowest BCUT2D eigenvalue weighted by Gasteiger charge is -2.37. The van der Waals surface area contributed by atoms with Gasteiger partial charge < -0.3 is 148 Å². The molecule has 8 rings (SSSR count). The molecule has 8 fully saturated rings. The lowest BCUT2D eigenvalue weighted by molar-refractivity contribution is -0.145. The molecule has 8 aliphatic rings. The summed E-state index contributed by atoms with van der Waals surface area (Å²) in [7, 11) is -23.1. The maximum Gasteiger partial charge on any atom is 0.451 e. The van der Waals surface area contributed by atoms with Crippen LogP contribution in [0.2, 0.25) is 25.3 Å². The Bertz CT molecular complexity index is 4120. The summed E-state index contributed by atoms with van der Waals surface area (Å²) in [6.07, 6.45) is 3.69. The van der Waals surface area contributed by atoms with Crippen molar-refractivity contribution in [3.05, 3.63) is 0 Å². The molecule has 5 amide bonds. The molecular formula is C68H135B4N21O32S4. The number of rotatable bonds is 45. The molecule has 0 bridgehead atoms. The highest BCUT2D eigenvalue weighted by molar-refractivity contribution is 7.88. The van der Waals surface area contributed by atoms with Crippen molar-refractivity contribution in [3.8, 4) is 0 Å². The summed E-state index contributed by atoms with van der Waals surface area (Å²) in [5.74, 6) is -11.4. The highest BCUT2D eigenvalue weighted by atomic mass is 32.2. The average molecular weight is 1930 g/mol. The van der Waals surface area contributed by atoms with Gasteiger partial charge in [0, 0.05) is 101 Å². The molecule has 0 radical (unpaired) electrons. The molecule has 61 heteroatoms. The summed E-state index contributed by atoms with van der Waals surface area (Å²) in [6, 6.07) is -9.25. The van der Waals surface area contributed by atoms with Crippen LogP contribution in [0.15, 0.2) is 0 Å². The molecule has 19 atom stereocenters. The van der Waals surface area contributed by atoms with E-state index in [-0.39, 0.29) is 155 Å². The number of carbonyl (C=O) groups excluding carboxylic acids is 5. The molecule has 7 heterocycles. The fourth-order valence-electron chi connectivity index (χ4n) is 16.3. The molecule has 53 nitrogen and oxygen atoms in total. The number of carbonyl (C=O) groups is 9. The normalized spacial score (nSPS) is 28.8. The topological polar surface area (TPSA) is 878 Å². The quantitative estimate of drug-likeness (QED) is 0.0252. The van der Waals surface area contributed by atoms with Gasteiger partial charge in [-0.2, -0.15) is 63.8 Å². The molecular weight excluding hydrogens is 1790 g/mol. The first-order valence-electron chi connectivity index (χ1n) is 42.5. The average Bonchev–Trinajstić information content (AvgIpc) is 1.56. The van der Waals surface area contributed by atoms with E-state index in [1.807, 2.05) is 6.92 Å². The zero-order chi connectivity index (χ0) is 97.9. The van der Waals surface area contributed by atoms with Crippen molar-refractivity contribution in [2.75, 3.05) is 105 Å². The summed E-state index contributed by atoms with van der Waals surface area (Å²) < 4.78 is 133. The number of amides is 5. The molecule has 35 N–H and O–H groups in total. The van der Waals surface area contributed by atoms with E-state index < -0.39 is 274 Å². The first-order valence-corrected chi connectivity index (χ1v) is 48.2. The van der Waals surface area contributed by atoms with Crippen LogP contribution in [0.4, 0.5) is 0 Å². The molecule has 7 aliphatic heterocycles. The summed E-state index contributed by atoms with van der Waals surface area (Å²) >= 11 is 0. The molecule has 1 saturated carbocycles. The Hall–Kier alpha value is -5.79. The molecule has 740 valence electrons. The van der Waals surface area contributed by atoms with E-state index in [9.17, 15) is 97.2 Å². The van der Waals surface area contributed by atoms with Crippen LogP contribution in [0.3, 0.4) is 0 Å². The van der Waals surface area contributed by atoms with Gasteiger partial charge in [0.15, 0.2) is 0 Å². The smallest absolute Gasteiger partial charge is 0.451 e. The third-order valence-corrected chi connectivity index (χ3v) is 31.5. The Kier molecular flexibility index (Phi) is 42.8. The van der Waals surface area contributed by atoms with Gasteiger partial charge >= 0.3 is 62.6 Å². The van der Waals surface area contributed by atoms with Gasteiger partial charge in [-0.05, 0) is 112 Å². The molecule has 0 aromatic carbocycles. The molecule has 0 aromatic rings. The highest BCUT2D eigenvalue weighted by Crippen LogP contribution is 2.41. The van der Waals surface area contributed by atoms with Crippen LogP contribution >= 0.6 is 0 Å². The zero-order valence-electron chi connectivity index (χ0n) is 73.5. The van der Waals surface area contributed by atoms with Crippen molar-refractivity contribution in [3.63, 3.8) is 0 Å². The van der Waals surface area contributed by atoms with Crippen LogP contribution in [0.25, 0.3) is 0 Å². The Morgan fingerprint density at radius 3 is 1.05 bits per heavy atom. The third kappa shape index (κ3) is 29.9. The summed E-state index contributed by atoms with van der Waals surface area (Å²) in [6.45, 7) is 8.99. The maximum absolute atomic E-state index is 13.7. The summed E-state index contributed by atoms with van der Waals surface area (Å²) in [5, 5.41) is 121. The predicted molar refractivity (Wildman–Crippen MR) is 463 cm³/mol. The Morgan fingerprint density at radius 2 is 0.736 bits per heavy atom. The molecule has 0 spiro atoms.